The van der Waals surface area contributed by atoms with E-state index in [9.17, 15) is 25.0 Å². The van der Waals surface area contributed by atoms with Crippen LogP contribution in [0.15, 0.2) is 53.7 Å². The minimum atomic E-state index is -1.21. The summed E-state index contributed by atoms with van der Waals surface area (Å²) >= 11 is 0. The number of non-ortho nitro benzene ring substituents is 2. The molecule has 0 fully saturated rings. The van der Waals surface area contributed by atoms with Crippen LogP contribution >= 0.6 is 0 Å². The van der Waals surface area contributed by atoms with Crippen LogP contribution in [0.5, 0.6) is 5.75 Å². The molecule has 128 valence electrons. The number of amidine groups is 1. The fourth-order valence-electron chi connectivity index (χ4n) is 1.64. The van der Waals surface area contributed by atoms with Gasteiger partial charge in [0.2, 0.25) is 0 Å². The summed E-state index contributed by atoms with van der Waals surface area (Å²) in [5.74, 6) is -0.185. The summed E-state index contributed by atoms with van der Waals surface area (Å²) in [4.78, 5) is 35.8. The Balaban J connectivity index is 1.96. The van der Waals surface area contributed by atoms with E-state index >= 15 is 0 Å². The minimum Gasteiger partial charge on any atom is -0.393 e. The maximum Gasteiger partial charge on any atom is 0.540 e. The Kier molecular flexibility index (Phi) is 5.20. The van der Waals surface area contributed by atoms with Gasteiger partial charge >= 0.3 is 6.16 Å². The van der Waals surface area contributed by atoms with Gasteiger partial charge in [-0.1, -0.05) is 5.16 Å². The van der Waals surface area contributed by atoms with E-state index in [2.05, 4.69) is 9.99 Å². The first-order chi connectivity index (χ1) is 11.9. The number of carbonyl (C=O) groups excluding carboxylic acids is 1. The van der Waals surface area contributed by atoms with Crippen molar-refractivity contribution in [2.75, 3.05) is 0 Å². The van der Waals surface area contributed by atoms with Crippen molar-refractivity contribution in [3.05, 3.63) is 74.3 Å². The molecule has 2 N–H and O–H groups in total. The zero-order valence-electron chi connectivity index (χ0n) is 12.4. The molecule has 0 heterocycles. The number of hydrogen-bond donors (Lipinski definition) is 1. The predicted molar refractivity (Wildman–Crippen MR) is 84.0 cm³/mol. The van der Waals surface area contributed by atoms with E-state index in [4.69, 9.17) is 10.5 Å². The van der Waals surface area contributed by atoms with E-state index in [0.29, 0.717) is 5.56 Å². The van der Waals surface area contributed by atoms with E-state index in [-0.39, 0.29) is 23.0 Å². The number of rotatable bonds is 5. The van der Waals surface area contributed by atoms with Crippen LogP contribution in [0.25, 0.3) is 0 Å². The van der Waals surface area contributed by atoms with Crippen LogP contribution in [0.3, 0.4) is 0 Å². The van der Waals surface area contributed by atoms with E-state index in [0.717, 1.165) is 12.1 Å². The third-order valence-corrected chi connectivity index (χ3v) is 2.84. The van der Waals surface area contributed by atoms with Crippen molar-refractivity contribution in [1.29, 1.82) is 0 Å². The summed E-state index contributed by atoms with van der Waals surface area (Å²) in [6, 6.07) is 9.82. The molecule has 0 amide bonds. The highest BCUT2D eigenvalue weighted by atomic mass is 16.8. The quantitative estimate of drug-likeness (QED) is 0.164. The van der Waals surface area contributed by atoms with Crippen molar-refractivity contribution < 1.29 is 24.2 Å². The number of oxime groups is 1. The topological polar surface area (TPSA) is 160 Å². The minimum absolute atomic E-state index is 0.0136. The van der Waals surface area contributed by atoms with Gasteiger partial charge in [-0.05, 0) is 24.3 Å². The molecule has 2 rings (SSSR count). The monoisotopic (exact) mass is 346 g/mol. The van der Waals surface area contributed by atoms with Crippen LogP contribution in [0.2, 0.25) is 0 Å². The summed E-state index contributed by atoms with van der Waals surface area (Å²) in [6.07, 6.45) is -1.21. The Morgan fingerprint density at radius 3 is 1.88 bits per heavy atom. The highest BCUT2D eigenvalue weighted by molar-refractivity contribution is 5.97. The maximum absolute atomic E-state index is 11.5. The summed E-state index contributed by atoms with van der Waals surface area (Å²) in [5.41, 5.74) is 5.59. The lowest BCUT2D eigenvalue weighted by molar-refractivity contribution is -0.385. The molecule has 11 nitrogen and oxygen atoms in total. The highest BCUT2D eigenvalue weighted by Crippen LogP contribution is 2.17. The number of ether oxygens (including phenoxy) is 1. The largest absolute Gasteiger partial charge is 0.540 e. The third kappa shape index (κ3) is 4.72. The number of hydrogen-bond acceptors (Lipinski definition) is 8. The molecule has 0 spiro atoms. The van der Waals surface area contributed by atoms with Gasteiger partial charge in [0, 0.05) is 29.8 Å². The molecule has 0 unspecified atom stereocenters. The van der Waals surface area contributed by atoms with Gasteiger partial charge in [0.15, 0.2) is 5.84 Å². The summed E-state index contributed by atoms with van der Waals surface area (Å²) in [5, 5.41) is 24.4. The molecule has 0 saturated heterocycles. The van der Waals surface area contributed by atoms with E-state index in [1.165, 1.54) is 36.4 Å². The van der Waals surface area contributed by atoms with Crippen molar-refractivity contribution in [3.8, 4) is 5.75 Å². The van der Waals surface area contributed by atoms with Crippen LogP contribution in [0.1, 0.15) is 5.56 Å². The van der Waals surface area contributed by atoms with Gasteiger partial charge in [-0.15, -0.1) is 0 Å². The first-order valence-corrected chi connectivity index (χ1v) is 6.58. The first kappa shape index (κ1) is 17.3. The van der Waals surface area contributed by atoms with Gasteiger partial charge in [-0.25, -0.2) is 4.79 Å². The van der Waals surface area contributed by atoms with Crippen molar-refractivity contribution in [2.45, 2.75) is 0 Å². The fraction of sp³-hybridized carbons (Fsp3) is 0. The van der Waals surface area contributed by atoms with Crippen LogP contribution < -0.4 is 10.5 Å². The molecule has 2 aromatic rings. The molecule has 0 aromatic heterocycles. The summed E-state index contributed by atoms with van der Waals surface area (Å²) in [7, 11) is 0. The average Bonchev–Trinajstić information content (AvgIpc) is 2.60. The van der Waals surface area contributed by atoms with E-state index in [1.54, 1.807) is 0 Å². The smallest absolute Gasteiger partial charge is 0.393 e. The summed E-state index contributed by atoms with van der Waals surface area (Å²) < 4.78 is 4.75. The van der Waals surface area contributed by atoms with E-state index in [1.807, 2.05) is 0 Å². The van der Waals surface area contributed by atoms with Crippen molar-refractivity contribution in [2.24, 2.45) is 10.9 Å². The molecular weight excluding hydrogens is 336 g/mol. The molecule has 0 aliphatic carbocycles. The number of nitrogens with two attached hydrogens (primary N) is 1. The number of nitro benzene ring substituents is 2. The molecule has 25 heavy (non-hydrogen) atoms. The standard InChI is InChI=1S/C14H10N4O7/c15-13(9-1-3-10(4-2-9)17(20)21)16-25-14(19)24-12-7-5-11(6-8-12)18(22)23/h1-8H,(H2,15,16). The van der Waals surface area contributed by atoms with Gasteiger partial charge in [0.1, 0.15) is 5.75 Å². The third-order valence-electron chi connectivity index (χ3n) is 2.84. The zero-order valence-corrected chi connectivity index (χ0v) is 12.4. The molecule has 0 atom stereocenters. The Bertz CT molecular complexity index is 831. The second-order valence-corrected chi connectivity index (χ2v) is 4.47. The van der Waals surface area contributed by atoms with Crippen molar-refractivity contribution in [3.63, 3.8) is 0 Å². The molecule has 0 bridgehead atoms. The summed E-state index contributed by atoms with van der Waals surface area (Å²) in [6.45, 7) is 0. The van der Waals surface area contributed by atoms with Crippen LogP contribution in [0, 0.1) is 20.2 Å². The average molecular weight is 346 g/mol. The first-order valence-electron chi connectivity index (χ1n) is 6.58. The number of carbonyl (C=O) groups is 1. The van der Waals surface area contributed by atoms with Crippen molar-refractivity contribution >= 4 is 23.4 Å². The molecule has 0 aliphatic heterocycles. The van der Waals surface area contributed by atoms with E-state index < -0.39 is 16.0 Å². The molecule has 2 aromatic carbocycles. The Morgan fingerprint density at radius 2 is 1.40 bits per heavy atom. The second-order valence-electron chi connectivity index (χ2n) is 4.47. The lowest BCUT2D eigenvalue weighted by Gasteiger charge is -2.02. The lowest BCUT2D eigenvalue weighted by Crippen LogP contribution is -2.16. The van der Waals surface area contributed by atoms with Crippen molar-refractivity contribution in [1.82, 2.24) is 0 Å². The SMILES string of the molecule is N/C(=N\OC(=O)Oc1ccc([N+](=O)[O-])cc1)c1ccc([N+](=O)[O-])cc1. The fourth-order valence-corrected chi connectivity index (χ4v) is 1.64. The molecule has 11 heteroatoms. The van der Waals surface area contributed by atoms with Gasteiger partial charge in [-0.3, -0.25) is 25.1 Å². The maximum atomic E-state index is 11.5. The number of nitro groups is 2. The van der Waals surface area contributed by atoms with Crippen LogP contribution in [-0.2, 0) is 4.84 Å². The van der Waals surface area contributed by atoms with Gasteiger partial charge in [-0.2, -0.15) is 0 Å². The van der Waals surface area contributed by atoms with Crippen LogP contribution in [-0.4, -0.2) is 21.8 Å². The Morgan fingerprint density at radius 1 is 0.920 bits per heavy atom. The van der Waals surface area contributed by atoms with Gasteiger partial charge < -0.3 is 10.5 Å². The van der Waals surface area contributed by atoms with Gasteiger partial charge in [0.25, 0.3) is 11.4 Å². The lowest BCUT2D eigenvalue weighted by atomic mass is 10.2. The molecule has 0 aliphatic rings. The van der Waals surface area contributed by atoms with Crippen LogP contribution in [0.4, 0.5) is 16.2 Å². The normalized spacial score (nSPS) is 10.8. The molecule has 0 radical (unpaired) electrons. The molecular formula is C14H10N4O7. The number of nitrogens with zero attached hydrogens (tertiary/aromatic N) is 3. The zero-order chi connectivity index (χ0) is 18.4. The highest BCUT2D eigenvalue weighted by Gasteiger charge is 2.11. The predicted octanol–water partition coefficient (Wildman–Crippen LogP) is 2.34. The Labute approximate surface area is 139 Å². The molecule has 0 saturated carbocycles. The second kappa shape index (κ2) is 7.50. The Hall–Kier alpha value is -4.02. The van der Waals surface area contributed by atoms with Gasteiger partial charge in [0.05, 0.1) is 9.85 Å². The number of benzene rings is 2.